The summed E-state index contributed by atoms with van der Waals surface area (Å²) < 4.78 is 0. The van der Waals surface area contributed by atoms with E-state index in [1.165, 1.54) is 0 Å². The molecule has 0 aliphatic rings. The van der Waals surface area contributed by atoms with Crippen molar-refractivity contribution in [1.82, 2.24) is 4.90 Å². The van der Waals surface area contributed by atoms with Crippen molar-refractivity contribution in [3.63, 3.8) is 0 Å². The molecule has 4 nitrogen and oxygen atoms in total. The Balaban J connectivity index is 4.56. The van der Waals surface area contributed by atoms with E-state index in [1.807, 2.05) is 13.8 Å². The molecule has 0 aromatic rings. The fraction of sp³-hybridized carbons (Fsp3) is 0.818. The molecule has 15 heavy (non-hydrogen) atoms. The molecule has 0 aromatic carbocycles. The number of likely N-dealkylation sites (N-methyl/N-ethyl adjacent to an activating group) is 1. The van der Waals surface area contributed by atoms with Gasteiger partial charge < -0.3 is 10.6 Å². The molecule has 0 spiro atoms. The van der Waals surface area contributed by atoms with Crippen molar-refractivity contribution in [3.05, 3.63) is 0 Å². The minimum atomic E-state index is -0.814. The highest BCUT2D eigenvalue weighted by molar-refractivity contribution is 5.85. The highest BCUT2D eigenvalue weighted by Crippen LogP contribution is 2.11. The Labute approximate surface area is 92.0 Å². The molecular weight excluding hydrogens is 190 g/mol. The van der Waals surface area contributed by atoms with Crippen LogP contribution in [0.3, 0.4) is 0 Å². The van der Waals surface area contributed by atoms with Gasteiger partial charge in [0.1, 0.15) is 0 Å². The third-order valence-corrected chi connectivity index (χ3v) is 2.61. The predicted molar refractivity (Wildman–Crippen MR) is 59.9 cm³/mol. The van der Waals surface area contributed by atoms with E-state index < -0.39 is 5.54 Å². The number of carbonyl (C=O) groups excluding carboxylic acids is 1. The Kier molecular flexibility index (Phi) is 5.31. The lowest BCUT2D eigenvalue weighted by molar-refractivity contribution is -0.136. The number of hydrogen-bond donors (Lipinski definition) is 1. The minimum absolute atomic E-state index is 0.0744. The molecule has 86 valence electrons. The van der Waals surface area contributed by atoms with E-state index in [-0.39, 0.29) is 11.8 Å². The molecule has 0 heterocycles. The summed E-state index contributed by atoms with van der Waals surface area (Å²) in [7, 11) is 0. The second kappa shape index (κ2) is 5.72. The summed E-state index contributed by atoms with van der Waals surface area (Å²) in [5, 5.41) is 8.70. The monoisotopic (exact) mass is 211 g/mol. The maximum absolute atomic E-state index is 12.0. The molecule has 0 saturated carbocycles. The summed E-state index contributed by atoms with van der Waals surface area (Å²) in [6.07, 6.45) is 0.600. The lowest BCUT2D eigenvalue weighted by Crippen LogP contribution is -2.53. The van der Waals surface area contributed by atoms with Crippen LogP contribution in [0.5, 0.6) is 0 Å². The molecule has 0 radical (unpaired) electrons. The number of nitrogens with two attached hydrogens (primary N) is 1. The standard InChI is InChI=1S/C11H21N3O/c1-5-11(4,13)10(15)14(6-2)8-9(3)7-12/h9H,5-6,8,13H2,1-4H3. The van der Waals surface area contributed by atoms with Gasteiger partial charge in [0.05, 0.1) is 17.5 Å². The summed E-state index contributed by atoms with van der Waals surface area (Å²) in [5.74, 6) is -0.226. The maximum Gasteiger partial charge on any atom is 0.242 e. The van der Waals surface area contributed by atoms with Crippen LogP contribution in [0, 0.1) is 17.2 Å². The fourth-order valence-electron chi connectivity index (χ4n) is 1.24. The van der Waals surface area contributed by atoms with Crippen LogP contribution in [0.4, 0.5) is 0 Å². The van der Waals surface area contributed by atoms with Gasteiger partial charge in [-0.2, -0.15) is 5.26 Å². The van der Waals surface area contributed by atoms with Crippen LogP contribution in [0.15, 0.2) is 0 Å². The number of amides is 1. The van der Waals surface area contributed by atoms with E-state index >= 15 is 0 Å². The zero-order valence-corrected chi connectivity index (χ0v) is 10.1. The Hall–Kier alpha value is -1.08. The molecule has 2 N–H and O–H groups in total. The largest absolute Gasteiger partial charge is 0.340 e. The van der Waals surface area contributed by atoms with Crippen molar-refractivity contribution in [2.24, 2.45) is 11.7 Å². The molecule has 0 bridgehead atoms. The molecule has 0 aliphatic heterocycles. The summed E-state index contributed by atoms with van der Waals surface area (Å²) in [4.78, 5) is 13.6. The van der Waals surface area contributed by atoms with Crippen molar-refractivity contribution >= 4 is 5.91 Å². The van der Waals surface area contributed by atoms with E-state index in [0.717, 1.165) is 0 Å². The van der Waals surface area contributed by atoms with E-state index in [9.17, 15) is 4.79 Å². The Morgan fingerprint density at radius 3 is 2.47 bits per heavy atom. The quantitative estimate of drug-likeness (QED) is 0.741. The first-order valence-corrected chi connectivity index (χ1v) is 5.36. The number of rotatable bonds is 5. The summed E-state index contributed by atoms with van der Waals surface area (Å²) in [6.45, 7) is 8.37. The van der Waals surface area contributed by atoms with Crippen molar-refractivity contribution in [3.8, 4) is 6.07 Å². The van der Waals surface area contributed by atoms with Crippen molar-refractivity contribution in [2.75, 3.05) is 13.1 Å². The number of nitrogens with zero attached hydrogens (tertiary/aromatic N) is 2. The first kappa shape index (κ1) is 13.9. The Morgan fingerprint density at radius 1 is 1.60 bits per heavy atom. The summed E-state index contributed by atoms with van der Waals surface area (Å²) >= 11 is 0. The van der Waals surface area contributed by atoms with Crippen LogP contribution in [-0.2, 0) is 4.79 Å². The highest BCUT2D eigenvalue weighted by Gasteiger charge is 2.30. The van der Waals surface area contributed by atoms with Crippen LogP contribution in [0.2, 0.25) is 0 Å². The molecule has 0 saturated heterocycles. The van der Waals surface area contributed by atoms with Gasteiger partial charge in [-0.25, -0.2) is 0 Å². The zero-order valence-electron chi connectivity index (χ0n) is 10.1. The lowest BCUT2D eigenvalue weighted by Gasteiger charge is -2.30. The fourth-order valence-corrected chi connectivity index (χ4v) is 1.24. The molecule has 2 atom stereocenters. The number of carbonyl (C=O) groups is 1. The van der Waals surface area contributed by atoms with Gasteiger partial charge in [0.15, 0.2) is 0 Å². The van der Waals surface area contributed by atoms with Gasteiger partial charge in [0, 0.05) is 13.1 Å². The van der Waals surface area contributed by atoms with Gasteiger partial charge in [-0.15, -0.1) is 0 Å². The van der Waals surface area contributed by atoms with Gasteiger partial charge in [0.25, 0.3) is 0 Å². The number of nitriles is 1. The van der Waals surface area contributed by atoms with Crippen LogP contribution in [0.25, 0.3) is 0 Å². The average Bonchev–Trinajstić information content (AvgIpc) is 2.24. The van der Waals surface area contributed by atoms with Gasteiger partial charge in [0.2, 0.25) is 5.91 Å². The van der Waals surface area contributed by atoms with Crippen LogP contribution in [0.1, 0.15) is 34.1 Å². The Morgan fingerprint density at radius 2 is 2.13 bits per heavy atom. The normalized spacial score (nSPS) is 16.3. The summed E-state index contributed by atoms with van der Waals surface area (Å²) in [5.41, 5.74) is 5.06. The van der Waals surface area contributed by atoms with E-state index in [2.05, 4.69) is 6.07 Å². The van der Waals surface area contributed by atoms with Crippen LogP contribution < -0.4 is 5.73 Å². The highest BCUT2D eigenvalue weighted by atomic mass is 16.2. The zero-order chi connectivity index (χ0) is 12.1. The second-order valence-electron chi connectivity index (χ2n) is 4.14. The lowest BCUT2D eigenvalue weighted by atomic mass is 9.98. The molecule has 1 amide bonds. The second-order valence-corrected chi connectivity index (χ2v) is 4.14. The Bertz CT molecular complexity index is 255. The molecule has 4 heteroatoms. The first-order valence-electron chi connectivity index (χ1n) is 5.36. The van der Waals surface area contributed by atoms with Crippen LogP contribution in [-0.4, -0.2) is 29.4 Å². The van der Waals surface area contributed by atoms with Gasteiger partial charge in [-0.3, -0.25) is 4.79 Å². The van der Waals surface area contributed by atoms with E-state index in [1.54, 1.807) is 18.7 Å². The molecular formula is C11H21N3O. The van der Waals surface area contributed by atoms with E-state index in [0.29, 0.717) is 19.5 Å². The molecule has 2 unspecified atom stereocenters. The molecule has 0 fully saturated rings. The smallest absolute Gasteiger partial charge is 0.242 e. The van der Waals surface area contributed by atoms with E-state index in [4.69, 9.17) is 11.0 Å². The van der Waals surface area contributed by atoms with Gasteiger partial charge in [-0.05, 0) is 27.2 Å². The van der Waals surface area contributed by atoms with Gasteiger partial charge in [-0.1, -0.05) is 6.92 Å². The van der Waals surface area contributed by atoms with Crippen molar-refractivity contribution < 1.29 is 4.79 Å². The maximum atomic E-state index is 12.0. The van der Waals surface area contributed by atoms with Crippen LogP contribution >= 0.6 is 0 Å². The summed E-state index contributed by atoms with van der Waals surface area (Å²) in [6, 6.07) is 2.12. The van der Waals surface area contributed by atoms with Gasteiger partial charge >= 0.3 is 0 Å². The average molecular weight is 211 g/mol. The SMILES string of the molecule is CCN(CC(C)C#N)C(=O)C(C)(N)CC. The minimum Gasteiger partial charge on any atom is -0.340 e. The van der Waals surface area contributed by atoms with Crippen molar-refractivity contribution in [2.45, 2.75) is 39.7 Å². The number of hydrogen-bond acceptors (Lipinski definition) is 3. The molecule has 0 aliphatic carbocycles. The molecule has 0 aromatic heterocycles. The third kappa shape index (κ3) is 3.88. The molecule has 0 rings (SSSR count). The predicted octanol–water partition coefficient (Wildman–Crippen LogP) is 1.12. The first-order chi connectivity index (χ1) is 6.88. The third-order valence-electron chi connectivity index (χ3n) is 2.61. The topological polar surface area (TPSA) is 70.1 Å². The van der Waals surface area contributed by atoms with Crippen molar-refractivity contribution in [1.29, 1.82) is 5.26 Å².